The first-order valence-electron chi connectivity index (χ1n) is 9.68. The van der Waals surface area contributed by atoms with Gasteiger partial charge in [-0.3, -0.25) is 9.59 Å². The summed E-state index contributed by atoms with van der Waals surface area (Å²) >= 11 is 0. The normalized spacial score (nSPS) is 34.7. The Hall–Kier alpha value is -2.76. The molecule has 0 aromatic heterocycles. The van der Waals surface area contributed by atoms with Crippen molar-refractivity contribution in [3.63, 3.8) is 0 Å². The van der Waals surface area contributed by atoms with Crippen LogP contribution < -0.4 is 0 Å². The van der Waals surface area contributed by atoms with Gasteiger partial charge in [-0.2, -0.15) is 0 Å². The molecule has 2 bridgehead atoms. The van der Waals surface area contributed by atoms with E-state index in [1.54, 1.807) is 0 Å². The topological polar surface area (TPSA) is 55.8 Å². The Bertz CT molecular complexity index is 1000. The molecule has 0 spiro atoms. The highest BCUT2D eigenvalue weighted by Gasteiger charge is 2.63. The van der Waals surface area contributed by atoms with Crippen molar-refractivity contribution < 1.29 is 19.1 Å². The third-order valence-corrected chi connectivity index (χ3v) is 6.53. The molecular weight excluding hydrogens is 354 g/mol. The van der Waals surface area contributed by atoms with Crippen LogP contribution >= 0.6 is 0 Å². The highest BCUT2D eigenvalue weighted by atomic mass is 16.7. The second-order valence-corrected chi connectivity index (χ2v) is 7.86. The molecule has 0 radical (unpaired) electrons. The number of ether oxygens (including phenoxy) is 2. The van der Waals surface area contributed by atoms with Gasteiger partial charge in [-0.1, -0.05) is 54.6 Å². The monoisotopic (exact) mass is 373 g/mol. The van der Waals surface area contributed by atoms with E-state index in [9.17, 15) is 9.59 Å². The van der Waals surface area contributed by atoms with Gasteiger partial charge in [0.15, 0.2) is 11.6 Å². The van der Waals surface area contributed by atoms with Crippen LogP contribution in [-0.4, -0.2) is 41.5 Å². The number of Topliss-reactive ketones (excluding diaryl/α,β-unsaturated/α-hetero) is 2. The first-order valence-corrected chi connectivity index (χ1v) is 9.68. The molecule has 0 amide bonds. The van der Waals surface area contributed by atoms with Crippen molar-refractivity contribution in [3.05, 3.63) is 77.5 Å². The molecular formula is C23H19NO4. The molecule has 28 heavy (non-hydrogen) atoms. The summed E-state index contributed by atoms with van der Waals surface area (Å²) in [4.78, 5) is 28.9. The Morgan fingerprint density at radius 2 is 1.82 bits per heavy atom. The highest BCUT2D eigenvalue weighted by molar-refractivity contribution is 6.02. The lowest BCUT2D eigenvalue weighted by Crippen LogP contribution is -2.48. The Balaban J connectivity index is 1.52. The fourth-order valence-electron chi connectivity index (χ4n) is 5.39. The molecule has 3 saturated heterocycles. The molecule has 2 aromatic carbocycles. The average Bonchev–Trinajstić information content (AvgIpc) is 3.33. The maximum absolute atomic E-state index is 13.6. The molecule has 6 rings (SSSR count). The molecule has 4 aliphatic rings. The third kappa shape index (κ3) is 2.09. The molecule has 4 heterocycles. The number of rotatable bonds is 2. The number of carbonyl (C=O) groups excluding carboxylic acids is 2. The Labute approximate surface area is 162 Å². The van der Waals surface area contributed by atoms with Gasteiger partial charge in [-0.05, 0) is 17.2 Å². The van der Waals surface area contributed by atoms with E-state index in [1.165, 1.54) is 0 Å². The van der Waals surface area contributed by atoms with Gasteiger partial charge in [0.1, 0.15) is 0 Å². The summed E-state index contributed by atoms with van der Waals surface area (Å²) in [5, 5.41) is 0. The fourth-order valence-corrected chi connectivity index (χ4v) is 5.39. The van der Waals surface area contributed by atoms with Crippen LogP contribution in [0.3, 0.4) is 0 Å². The molecule has 2 unspecified atom stereocenters. The number of carbonyl (C=O) groups is 2. The fraction of sp³-hybridized carbons (Fsp3) is 0.304. The highest BCUT2D eigenvalue weighted by Crippen LogP contribution is 2.54. The van der Waals surface area contributed by atoms with Gasteiger partial charge in [0.25, 0.3) is 0 Å². The van der Waals surface area contributed by atoms with Crippen molar-refractivity contribution in [2.75, 3.05) is 6.61 Å². The van der Waals surface area contributed by atoms with Crippen molar-refractivity contribution in [1.29, 1.82) is 0 Å². The maximum Gasteiger partial charge on any atom is 0.218 e. The van der Waals surface area contributed by atoms with Gasteiger partial charge < -0.3 is 14.4 Å². The van der Waals surface area contributed by atoms with Crippen LogP contribution in [0.4, 0.5) is 0 Å². The molecule has 3 fully saturated rings. The van der Waals surface area contributed by atoms with E-state index < -0.39 is 12.3 Å². The van der Waals surface area contributed by atoms with Gasteiger partial charge in [-0.15, -0.1) is 0 Å². The van der Waals surface area contributed by atoms with Crippen molar-refractivity contribution in [2.45, 2.75) is 24.5 Å². The lowest BCUT2D eigenvalue weighted by Gasteiger charge is -2.34. The van der Waals surface area contributed by atoms with Crippen LogP contribution in [0.1, 0.15) is 27.5 Å². The minimum Gasteiger partial charge on any atom is -0.359 e. The van der Waals surface area contributed by atoms with E-state index in [-0.39, 0.29) is 35.5 Å². The second kappa shape index (κ2) is 5.87. The summed E-state index contributed by atoms with van der Waals surface area (Å²) < 4.78 is 11.5. The summed E-state index contributed by atoms with van der Waals surface area (Å²) in [7, 11) is 0. The van der Waals surface area contributed by atoms with Crippen molar-refractivity contribution >= 4 is 17.6 Å². The zero-order valence-electron chi connectivity index (χ0n) is 15.1. The summed E-state index contributed by atoms with van der Waals surface area (Å²) in [5.74, 6) is -0.541. The quantitative estimate of drug-likeness (QED) is 0.758. The van der Waals surface area contributed by atoms with Crippen molar-refractivity contribution in [2.24, 2.45) is 11.8 Å². The van der Waals surface area contributed by atoms with E-state index in [2.05, 4.69) is 17.0 Å². The third-order valence-electron chi connectivity index (χ3n) is 6.53. The summed E-state index contributed by atoms with van der Waals surface area (Å²) in [6, 6.07) is 16.8. The lowest BCUT2D eigenvalue weighted by atomic mass is 9.75. The molecule has 4 aliphatic heterocycles. The van der Waals surface area contributed by atoms with E-state index in [0.717, 1.165) is 11.1 Å². The number of ketones is 2. The van der Waals surface area contributed by atoms with Crippen LogP contribution in [0.5, 0.6) is 0 Å². The summed E-state index contributed by atoms with van der Waals surface area (Å²) in [6.07, 6.45) is 2.99. The van der Waals surface area contributed by atoms with E-state index >= 15 is 0 Å². The Kier molecular flexibility index (Phi) is 3.40. The minimum atomic E-state index is -0.795. The van der Waals surface area contributed by atoms with Crippen molar-refractivity contribution in [3.8, 4) is 0 Å². The Morgan fingerprint density at radius 3 is 2.68 bits per heavy atom. The SMILES string of the molecule is O=C1C2OCC(O2)[C@H]2[C@H]1[C@H]1c3ccccc3C=CN1[C@@H]2C(=O)c1ccccc1. The van der Waals surface area contributed by atoms with Gasteiger partial charge in [0.2, 0.25) is 6.29 Å². The van der Waals surface area contributed by atoms with Crippen LogP contribution in [0, 0.1) is 11.8 Å². The van der Waals surface area contributed by atoms with E-state index in [0.29, 0.717) is 12.2 Å². The van der Waals surface area contributed by atoms with E-state index in [4.69, 9.17) is 9.47 Å². The average molecular weight is 373 g/mol. The molecule has 0 saturated carbocycles. The molecule has 5 nitrogen and oxygen atoms in total. The van der Waals surface area contributed by atoms with Gasteiger partial charge in [0.05, 0.1) is 30.7 Å². The van der Waals surface area contributed by atoms with Crippen LogP contribution in [0.15, 0.2) is 60.8 Å². The molecule has 0 N–H and O–H groups in total. The Morgan fingerprint density at radius 1 is 1.04 bits per heavy atom. The summed E-state index contributed by atoms with van der Waals surface area (Å²) in [6.45, 7) is 0.363. The van der Waals surface area contributed by atoms with Crippen molar-refractivity contribution in [1.82, 2.24) is 4.90 Å². The van der Waals surface area contributed by atoms with Gasteiger partial charge >= 0.3 is 0 Å². The van der Waals surface area contributed by atoms with Gasteiger partial charge in [-0.25, -0.2) is 0 Å². The number of fused-ring (bicyclic) bond motifs is 8. The maximum atomic E-state index is 13.6. The zero-order chi connectivity index (χ0) is 18.8. The molecule has 6 atom stereocenters. The predicted octanol–water partition coefficient (Wildman–Crippen LogP) is 2.84. The first kappa shape index (κ1) is 16.2. The van der Waals surface area contributed by atoms with Crippen LogP contribution in [0.25, 0.3) is 6.08 Å². The van der Waals surface area contributed by atoms with Gasteiger partial charge in [0, 0.05) is 17.7 Å². The first-order chi connectivity index (χ1) is 13.7. The standard InChI is InChI=1S/C23H19NO4/c25-21(14-7-2-1-3-8-14)20-17-16-12-27-23(28-16)22(26)18(17)19-15-9-5-4-6-13(15)10-11-24(19)20/h1-11,16-20,23H,12H2/t16?,17-,18-,19+,20-,23?/m0/s1. The predicted molar refractivity (Wildman–Crippen MR) is 101 cm³/mol. The number of hydrogen-bond acceptors (Lipinski definition) is 5. The van der Waals surface area contributed by atoms with E-state index in [1.807, 2.05) is 54.7 Å². The number of benzene rings is 2. The number of hydrogen-bond donors (Lipinski definition) is 0. The van der Waals surface area contributed by atoms with Crippen LogP contribution in [-0.2, 0) is 14.3 Å². The largest absolute Gasteiger partial charge is 0.359 e. The molecule has 0 aliphatic carbocycles. The molecule has 2 aromatic rings. The van der Waals surface area contributed by atoms with Crippen LogP contribution in [0.2, 0.25) is 0 Å². The summed E-state index contributed by atoms with van der Waals surface area (Å²) in [5.41, 5.74) is 2.86. The smallest absolute Gasteiger partial charge is 0.218 e. The molecule has 140 valence electrons. The minimum absolute atomic E-state index is 0.0314. The lowest BCUT2D eigenvalue weighted by molar-refractivity contribution is -0.164. The zero-order valence-corrected chi connectivity index (χ0v) is 15.1. The number of nitrogens with zero attached hydrogens (tertiary/aromatic N) is 1. The second-order valence-electron chi connectivity index (χ2n) is 7.86. The molecule has 5 heteroatoms.